The van der Waals surface area contributed by atoms with E-state index in [9.17, 15) is 4.79 Å². The first-order valence-corrected chi connectivity index (χ1v) is 8.40. The van der Waals surface area contributed by atoms with Gasteiger partial charge in [0.2, 0.25) is 0 Å². The fraction of sp³-hybridized carbons (Fsp3) is 0.938. The van der Waals surface area contributed by atoms with Crippen molar-refractivity contribution in [3.05, 3.63) is 0 Å². The highest BCUT2D eigenvalue weighted by Crippen LogP contribution is 2.44. The second-order valence-corrected chi connectivity index (χ2v) is 6.78. The molecule has 3 aliphatic heterocycles. The van der Waals surface area contributed by atoms with Crippen LogP contribution in [0.1, 0.15) is 26.7 Å². The van der Waals surface area contributed by atoms with Crippen molar-refractivity contribution in [2.45, 2.75) is 37.9 Å². The summed E-state index contributed by atoms with van der Waals surface area (Å²) in [5.74, 6) is 0. The molecule has 6 nitrogen and oxygen atoms in total. The summed E-state index contributed by atoms with van der Waals surface area (Å²) in [5, 5.41) is 0. The van der Waals surface area contributed by atoms with E-state index in [2.05, 4.69) is 23.9 Å². The number of carbonyl (C=O) groups excluding carboxylic acids is 1. The second-order valence-electron chi connectivity index (χ2n) is 6.78. The van der Waals surface area contributed by atoms with Crippen LogP contribution >= 0.6 is 0 Å². The van der Waals surface area contributed by atoms with Crippen molar-refractivity contribution in [2.75, 3.05) is 61.0 Å². The number of likely N-dealkylation sites (tertiary alicyclic amines) is 1. The van der Waals surface area contributed by atoms with E-state index in [4.69, 9.17) is 4.74 Å². The van der Waals surface area contributed by atoms with Crippen LogP contribution in [0.3, 0.4) is 0 Å². The molecule has 3 saturated heterocycles. The molecule has 0 atom stereocenters. The average Bonchev–Trinajstić information content (AvgIpc) is 2.69. The van der Waals surface area contributed by atoms with E-state index < -0.39 is 0 Å². The predicted octanol–water partition coefficient (Wildman–Crippen LogP) is 1.13. The number of urea groups is 1. The molecule has 2 spiro atoms. The number of rotatable bonds is 0. The van der Waals surface area contributed by atoms with E-state index in [1.165, 1.54) is 0 Å². The third kappa shape index (κ3) is 2.51. The zero-order valence-electron chi connectivity index (χ0n) is 15.1. The molecule has 0 aromatic rings. The topological polar surface area (TPSA) is 39.3 Å². The number of hydrogen-bond donors (Lipinski definition) is 0. The maximum absolute atomic E-state index is 12.0. The summed E-state index contributed by atoms with van der Waals surface area (Å²) in [6.45, 7) is 8.40. The Morgan fingerprint density at radius 1 is 1.09 bits per heavy atom. The van der Waals surface area contributed by atoms with Gasteiger partial charge in [0.15, 0.2) is 0 Å². The number of amides is 2. The quantitative estimate of drug-likeness (QED) is 0.672. The summed E-state index contributed by atoms with van der Waals surface area (Å²) in [6, 6.07) is 0.135. The molecule has 0 unspecified atom stereocenters. The normalized spacial score (nSPS) is 26.5. The average molecular weight is 312 g/mol. The lowest BCUT2D eigenvalue weighted by Crippen LogP contribution is -2.67. The highest BCUT2D eigenvalue weighted by molar-refractivity contribution is 5.73. The van der Waals surface area contributed by atoms with Crippen LogP contribution in [0.25, 0.3) is 0 Å². The largest absolute Gasteiger partial charge is 0.375 e. The van der Waals surface area contributed by atoms with Gasteiger partial charge < -0.3 is 14.5 Å². The van der Waals surface area contributed by atoms with Crippen molar-refractivity contribution >= 4 is 6.03 Å². The van der Waals surface area contributed by atoms with Gasteiger partial charge >= 0.3 is 6.03 Å². The Morgan fingerprint density at radius 2 is 1.64 bits per heavy atom. The lowest BCUT2D eigenvalue weighted by Gasteiger charge is -2.51. The fourth-order valence-corrected chi connectivity index (χ4v) is 3.98. The van der Waals surface area contributed by atoms with E-state index >= 15 is 0 Å². The molecular formula is C16H32N4O2. The van der Waals surface area contributed by atoms with Gasteiger partial charge in [-0.15, -0.1) is 0 Å². The van der Waals surface area contributed by atoms with E-state index in [0.717, 1.165) is 45.7 Å². The molecule has 3 aliphatic rings. The first-order valence-electron chi connectivity index (χ1n) is 8.40. The van der Waals surface area contributed by atoms with Gasteiger partial charge in [0.05, 0.1) is 13.2 Å². The Morgan fingerprint density at radius 3 is 2.00 bits per heavy atom. The number of nitrogens with zero attached hydrogens (tertiary/aromatic N) is 4. The molecule has 0 aromatic heterocycles. The second kappa shape index (κ2) is 6.34. The highest BCUT2D eigenvalue weighted by atomic mass is 16.5. The van der Waals surface area contributed by atoms with Crippen LogP contribution in [0.4, 0.5) is 4.79 Å². The lowest BCUT2D eigenvalue weighted by atomic mass is 9.86. The van der Waals surface area contributed by atoms with Crippen LogP contribution in [-0.4, -0.2) is 97.9 Å². The first kappa shape index (κ1) is 17.5. The summed E-state index contributed by atoms with van der Waals surface area (Å²) < 4.78 is 5.47. The molecule has 3 heterocycles. The van der Waals surface area contributed by atoms with Gasteiger partial charge in [-0.25, -0.2) is 4.79 Å². The maximum Gasteiger partial charge on any atom is 0.319 e. The predicted molar refractivity (Wildman–Crippen MR) is 87.9 cm³/mol. The van der Waals surface area contributed by atoms with Gasteiger partial charge in [0.1, 0.15) is 5.66 Å². The van der Waals surface area contributed by atoms with Crippen LogP contribution in [0.15, 0.2) is 0 Å². The molecular weight excluding hydrogens is 280 g/mol. The Balaban J connectivity index is 0.000000847. The van der Waals surface area contributed by atoms with Crippen LogP contribution in [0.2, 0.25) is 0 Å². The number of piperidine rings is 1. The van der Waals surface area contributed by atoms with Crippen LogP contribution in [0, 0.1) is 0 Å². The summed E-state index contributed by atoms with van der Waals surface area (Å²) in [6.07, 6.45) is 2.10. The molecule has 6 heteroatoms. The third-order valence-electron chi connectivity index (χ3n) is 5.59. The monoisotopic (exact) mass is 312 g/mol. The van der Waals surface area contributed by atoms with Gasteiger partial charge in [-0.05, 0) is 26.9 Å². The molecule has 0 N–H and O–H groups in total. The smallest absolute Gasteiger partial charge is 0.319 e. The Labute approximate surface area is 135 Å². The summed E-state index contributed by atoms with van der Waals surface area (Å²) >= 11 is 0. The minimum atomic E-state index is 0.105. The molecule has 0 bridgehead atoms. The molecule has 3 fully saturated rings. The minimum absolute atomic E-state index is 0.105. The van der Waals surface area contributed by atoms with Crippen molar-refractivity contribution in [2.24, 2.45) is 0 Å². The van der Waals surface area contributed by atoms with E-state index in [1.54, 1.807) is 4.90 Å². The van der Waals surface area contributed by atoms with Crippen LogP contribution < -0.4 is 0 Å². The molecule has 0 radical (unpaired) electrons. The standard InChI is InChI=1S/C14H26N4O2.C2H6/c1-15(2)12(19)18-7-5-13(6-8-18)9-16(3)14(17(13)4)10-20-11-14;1-2/h5-11H2,1-4H3;1-2H3. The summed E-state index contributed by atoms with van der Waals surface area (Å²) in [7, 11) is 8.08. The zero-order valence-corrected chi connectivity index (χ0v) is 15.1. The van der Waals surface area contributed by atoms with Gasteiger partial charge in [-0.2, -0.15) is 0 Å². The minimum Gasteiger partial charge on any atom is -0.375 e. The molecule has 0 saturated carbocycles. The first-order chi connectivity index (χ1) is 10.4. The molecule has 0 aromatic carbocycles. The third-order valence-corrected chi connectivity index (χ3v) is 5.59. The molecule has 0 aliphatic carbocycles. The molecule has 3 rings (SSSR count). The van der Waals surface area contributed by atoms with Crippen molar-refractivity contribution in [1.82, 2.24) is 19.6 Å². The van der Waals surface area contributed by atoms with Crippen LogP contribution in [0.5, 0.6) is 0 Å². The Bertz CT molecular complexity index is 401. The number of hydrogen-bond acceptors (Lipinski definition) is 4. The van der Waals surface area contributed by atoms with E-state index in [1.807, 2.05) is 32.8 Å². The number of ether oxygens (including phenoxy) is 1. The number of carbonyl (C=O) groups is 1. The van der Waals surface area contributed by atoms with E-state index in [0.29, 0.717) is 0 Å². The van der Waals surface area contributed by atoms with Crippen molar-refractivity contribution in [3.63, 3.8) is 0 Å². The van der Waals surface area contributed by atoms with Gasteiger partial charge in [0, 0.05) is 39.3 Å². The van der Waals surface area contributed by atoms with Gasteiger partial charge in [-0.1, -0.05) is 13.8 Å². The molecule has 128 valence electrons. The van der Waals surface area contributed by atoms with Crippen molar-refractivity contribution < 1.29 is 9.53 Å². The van der Waals surface area contributed by atoms with Crippen molar-refractivity contribution in [3.8, 4) is 0 Å². The number of likely N-dealkylation sites (N-methyl/N-ethyl adjacent to an activating group) is 2. The lowest BCUT2D eigenvalue weighted by molar-refractivity contribution is -0.186. The summed E-state index contributed by atoms with van der Waals surface area (Å²) in [4.78, 5) is 20.7. The SMILES string of the molecule is CC.CN(C)C(=O)N1CCC2(CC1)CN(C)C1(COC1)N2C. The fourth-order valence-electron chi connectivity index (χ4n) is 3.98. The Hall–Kier alpha value is -0.850. The molecule has 22 heavy (non-hydrogen) atoms. The summed E-state index contributed by atoms with van der Waals surface area (Å²) in [5.41, 5.74) is 0.315. The van der Waals surface area contributed by atoms with Crippen molar-refractivity contribution in [1.29, 1.82) is 0 Å². The highest BCUT2D eigenvalue weighted by Gasteiger charge is 2.60. The van der Waals surface area contributed by atoms with Crippen LogP contribution in [-0.2, 0) is 4.74 Å². The molecule has 2 amide bonds. The maximum atomic E-state index is 12.0. The Kier molecular flexibility index (Phi) is 5.04. The van der Waals surface area contributed by atoms with Gasteiger partial charge in [-0.3, -0.25) is 9.80 Å². The zero-order chi connectivity index (χ0) is 16.5. The van der Waals surface area contributed by atoms with Gasteiger partial charge in [0.25, 0.3) is 0 Å². The van der Waals surface area contributed by atoms with E-state index in [-0.39, 0.29) is 17.2 Å².